The first-order valence-corrected chi connectivity index (χ1v) is 5.94. The molecule has 0 aliphatic heterocycles. The van der Waals surface area contributed by atoms with Crippen LogP contribution in [0.3, 0.4) is 0 Å². The van der Waals surface area contributed by atoms with Crippen LogP contribution >= 0.6 is 0 Å². The van der Waals surface area contributed by atoms with Gasteiger partial charge in [0.2, 0.25) is 0 Å². The smallest absolute Gasteiger partial charge is 0.178 e. The Bertz CT molecular complexity index is 417. The number of carbonyl (C=O) groups excluding carboxylic acids is 2. The highest BCUT2D eigenvalue weighted by atomic mass is 16.1. The summed E-state index contributed by atoms with van der Waals surface area (Å²) >= 11 is 0. The number of aldehydes is 1. The van der Waals surface area contributed by atoms with Gasteiger partial charge >= 0.3 is 0 Å². The molecule has 0 spiro atoms. The van der Waals surface area contributed by atoms with Gasteiger partial charge in [-0.15, -0.1) is 0 Å². The highest BCUT2D eigenvalue weighted by Gasteiger charge is 2.19. The van der Waals surface area contributed by atoms with Crippen molar-refractivity contribution in [1.29, 1.82) is 0 Å². The third kappa shape index (κ3) is 2.82. The zero-order valence-corrected chi connectivity index (χ0v) is 11.0. The van der Waals surface area contributed by atoms with E-state index < -0.39 is 0 Å². The average Bonchev–Trinajstić information content (AvgIpc) is 2.60. The number of H-pyrrole nitrogens is 1. The van der Waals surface area contributed by atoms with Crippen molar-refractivity contribution in [2.45, 2.75) is 27.7 Å². The van der Waals surface area contributed by atoms with Crippen LogP contribution in [0.4, 0.5) is 0 Å². The average molecular weight is 236 g/mol. The van der Waals surface area contributed by atoms with E-state index >= 15 is 0 Å². The second-order valence-electron chi connectivity index (χ2n) is 4.17. The lowest BCUT2D eigenvalue weighted by atomic mass is 10.1. The van der Waals surface area contributed by atoms with E-state index in [4.69, 9.17) is 0 Å². The van der Waals surface area contributed by atoms with Gasteiger partial charge in [0, 0.05) is 11.3 Å². The molecule has 1 rings (SSSR count). The van der Waals surface area contributed by atoms with E-state index in [0.717, 1.165) is 30.6 Å². The van der Waals surface area contributed by atoms with Crippen molar-refractivity contribution < 1.29 is 9.59 Å². The number of nitrogens with zero attached hydrogens (tertiary/aromatic N) is 1. The van der Waals surface area contributed by atoms with Crippen molar-refractivity contribution in [1.82, 2.24) is 9.88 Å². The normalized spacial score (nSPS) is 10.9. The summed E-state index contributed by atoms with van der Waals surface area (Å²) in [5.74, 6) is 0.0769. The molecule has 0 saturated carbocycles. The quantitative estimate of drug-likeness (QED) is 0.607. The minimum atomic E-state index is 0.0769. The predicted molar refractivity (Wildman–Crippen MR) is 67.8 cm³/mol. The summed E-state index contributed by atoms with van der Waals surface area (Å²) in [6.07, 6.45) is 0.760. The van der Waals surface area contributed by atoms with Gasteiger partial charge in [-0.1, -0.05) is 13.8 Å². The fraction of sp³-hybridized carbons (Fsp3) is 0.538. The van der Waals surface area contributed by atoms with Gasteiger partial charge in [0.1, 0.15) is 0 Å². The summed E-state index contributed by atoms with van der Waals surface area (Å²) in [7, 11) is 0. The van der Waals surface area contributed by atoms with E-state index in [-0.39, 0.29) is 5.78 Å². The largest absolute Gasteiger partial charge is 0.356 e. The van der Waals surface area contributed by atoms with E-state index in [0.29, 0.717) is 17.8 Å². The maximum atomic E-state index is 12.2. The second-order valence-corrected chi connectivity index (χ2v) is 4.17. The summed E-state index contributed by atoms with van der Waals surface area (Å²) in [6.45, 7) is 9.81. The molecule has 4 heteroatoms. The second kappa shape index (κ2) is 5.77. The summed E-state index contributed by atoms with van der Waals surface area (Å²) in [5, 5.41) is 0. The van der Waals surface area contributed by atoms with Crippen LogP contribution in [0, 0.1) is 13.8 Å². The first kappa shape index (κ1) is 13.6. The van der Waals surface area contributed by atoms with Crippen LogP contribution < -0.4 is 0 Å². The number of aromatic nitrogens is 1. The molecule has 1 aromatic rings. The van der Waals surface area contributed by atoms with Crippen LogP contribution in [-0.2, 0) is 0 Å². The van der Waals surface area contributed by atoms with Crippen molar-refractivity contribution in [2.24, 2.45) is 0 Å². The van der Waals surface area contributed by atoms with Gasteiger partial charge in [0.15, 0.2) is 12.1 Å². The van der Waals surface area contributed by atoms with E-state index in [1.54, 1.807) is 0 Å². The Kier molecular flexibility index (Phi) is 4.63. The summed E-state index contributed by atoms with van der Waals surface area (Å²) in [5.41, 5.74) is 2.71. The van der Waals surface area contributed by atoms with Crippen LogP contribution in [0.25, 0.3) is 0 Å². The van der Waals surface area contributed by atoms with Crippen molar-refractivity contribution in [3.63, 3.8) is 0 Å². The van der Waals surface area contributed by atoms with Crippen molar-refractivity contribution >= 4 is 12.1 Å². The molecule has 0 fully saturated rings. The molecule has 17 heavy (non-hydrogen) atoms. The topological polar surface area (TPSA) is 53.2 Å². The van der Waals surface area contributed by atoms with E-state index in [1.165, 1.54) is 0 Å². The molecule has 94 valence electrons. The SMILES string of the molecule is CCN(CC)CC(=O)c1c(C)[nH]c(C=O)c1C. The number of rotatable bonds is 6. The molecule has 0 unspecified atom stereocenters. The van der Waals surface area contributed by atoms with Gasteiger partial charge in [0.25, 0.3) is 0 Å². The summed E-state index contributed by atoms with van der Waals surface area (Å²) < 4.78 is 0. The number of hydrogen-bond acceptors (Lipinski definition) is 3. The van der Waals surface area contributed by atoms with Crippen LogP contribution in [0.1, 0.15) is 46.0 Å². The molecule has 0 radical (unpaired) electrons. The van der Waals surface area contributed by atoms with Gasteiger partial charge < -0.3 is 4.98 Å². The Morgan fingerprint density at radius 3 is 2.29 bits per heavy atom. The van der Waals surface area contributed by atoms with Gasteiger partial charge in [-0.25, -0.2) is 0 Å². The van der Waals surface area contributed by atoms with Gasteiger partial charge in [-0.2, -0.15) is 0 Å². The monoisotopic (exact) mass is 236 g/mol. The Balaban J connectivity index is 2.96. The minimum absolute atomic E-state index is 0.0769. The number of ketones is 1. The molecule has 0 aromatic carbocycles. The Labute approximate surface area is 102 Å². The molecule has 0 aliphatic carbocycles. The zero-order valence-electron chi connectivity index (χ0n) is 11.0. The molecular formula is C13H20N2O2. The van der Waals surface area contributed by atoms with Crippen LogP contribution in [0.15, 0.2) is 0 Å². The Morgan fingerprint density at radius 1 is 1.29 bits per heavy atom. The standard InChI is InChI=1S/C13H20N2O2/c1-5-15(6-2)7-12(17)13-9(3)11(8-16)14-10(13)4/h8,14H,5-7H2,1-4H3. The van der Waals surface area contributed by atoms with Crippen LogP contribution in [0.5, 0.6) is 0 Å². The van der Waals surface area contributed by atoms with Crippen molar-refractivity contribution in [3.8, 4) is 0 Å². The number of likely N-dealkylation sites (N-methyl/N-ethyl adjacent to an activating group) is 1. The molecule has 0 bridgehead atoms. The highest BCUT2D eigenvalue weighted by Crippen LogP contribution is 2.17. The fourth-order valence-electron chi connectivity index (χ4n) is 2.04. The number of Topliss-reactive ketones (excluding diaryl/α,β-unsaturated/α-hetero) is 1. The molecule has 0 amide bonds. The third-order valence-electron chi connectivity index (χ3n) is 3.13. The molecule has 4 nitrogen and oxygen atoms in total. The molecular weight excluding hydrogens is 216 g/mol. The van der Waals surface area contributed by atoms with Gasteiger partial charge in [0.05, 0.1) is 12.2 Å². The van der Waals surface area contributed by atoms with Gasteiger partial charge in [-0.05, 0) is 32.5 Å². The van der Waals surface area contributed by atoms with E-state index in [2.05, 4.69) is 9.88 Å². The predicted octanol–water partition coefficient (Wildman–Crippen LogP) is 1.97. The maximum absolute atomic E-state index is 12.2. The molecule has 1 heterocycles. The summed E-state index contributed by atoms with van der Waals surface area (Å²) in [6, 6.07) is 0. The molecule has 1 aromatic heterocycles. The molecule has 0 atom stereocenters. The molecule has 0 saturated heterocycles. The van der Waals surface area contributed by atoms with E-state index in [9.17, 15) is 9.59 Å². The molecule has 0 aliphatic rings. The number of aryl methyl sites for hydroxylation is 1. The van der Waals surface area contributed by atoms with Crippen LogP contribution in [0.2, 0.25) is 0 Å². The van der Waals surface area contributed by atoms with E-state index in [1.807, 2.05) is 27.7 Å². The van der Waals surface area contributed by atoms with Crippen LogP contribution in [-0.4, -0.2) is 41.6 Å². The zero-order chi connectivity index (χ0) is 13.0. The lowest BCUT2D eigenvalue weighted by Gasteiger charge is -2.16. The first-order chi connectivity index (χ1) is 8.04. The highest BCUT2D eigenvalue weighted by molar-refractivity contribution is 6.01. The lowest BCUT2D eigenvalue weighted by molar-refractivity contribution is 0.0936. The number of hydrogen-bond donors (Lipinski definition) is 1. The summed E-state index contributed by atoms with van der Waals surface area (Å²) in [4.78, 5) is 28.0. The maximum Gasteiger partial charge on any atom is 0.178 e. The minimum Gasteiger partial charge on any atom is -0.356 e. The Morgan fingerprint density at radius 2 is 1.88 bits per heavy atom. The molecule has 1 N–H and O–H groups in total. The lowest BCUT2D eigenvalue weighted by Crippen LogP contribution is -2.29. The van der Waals surface area contributed by atoms with Gasteiger partial charge in [-0.3, -0.25) is 14.5 Å². The number of carbonyl (C=O) groups is 2. The number of aromatic amines is 1. The van der Waals surface area contributed by atoms with Crippen molar-refractivity contribution in [3.05, 3.63) is 22.5 Å². The Hall–Kier alpha value is -1.42. The first-order valence-electron chi connectivity index (χ1n) is 5.94. The third-order valence-corrected chi connectivity index (χ3v) is 3.13. The van der Waals surface area contributed by atoms with Crippen molar-refractivity contribution in [2.75, 3.05) is 19.6 Å². The fourth-order valence-corrected chi connectivity index (χ4v) is 2.04. The number of nitrogens with one attached hydrogen (secondary N) is 1.